The lowest BCUT2D eigenvalue weighted by molar-refractivity contribution is -0.195. The van der Waals surface area contributed by atoms with E-state index in [0.29, 0.717) is 11.8 Å². The van der Waals surface area contributed by atoms with Crippen LogP contribution in [0, 0.1) is 34.0 Å². The van der Waals surface area contributed by atoms with E-state index in [-0.39, 0.29) is 28.8 Å². The third-order valence-electron chi connectivity index (χ3n) is 8.95. The molecule has 4 nitrogen and oxygen atoms in total. The molecular weight excluding hydrogens is 328 g/mol. The molecule has 4 aliphatic rings. The highest BCUT2D eigenvalue weighted by Crippen LogP contribution is 2.72. The van der Waals surface area contributed by atoms with Crippen molar-refractivity contribution >= 4 is 11.9 Å². The zero-order valence-electron chi connectivity index (χ0n) is 16.3. The summed E-state index contributed by atoms with van der Waals surface area (Å²) in [7, 11) is 0. The van der Waals surface area contributed by atoms with Gasteiger partial charge in [0.1, 0.15) is 6.10 Å². The molecule has 7 atom stereocenters. The highest BCUT2D eigenvalue weighted by Gasteiger charge is 2.68. The zero-order valence-corrected chi connectivity index (χ0v) is 16.3. The summed E-state index contributed by atoms with van der Waals surface area (Å²) >= 11 is 0. The molecule has 0 unspecified atom stereocenters. The normalized spacial score (nSPS) is 49.9. The molecule has 4 heteroatoms. The number of aliphatic carboxylic acids is 1. The van der Waals surface area contributed by atoms with E-state index in [0.717, 1.165) is 56.9 Å². The lowest BCUT2D eigenvalue weighted by atomic mass is 9.40. The SMILES string of the molecule is C=C1[C@@H]2CC[C@H]3[C@]4(C)CCC[C@@](C)(C(=O)O)[C@@H]4CC[C@]3(C2)[C@H]1OC(C)=O. The molecule has 4 aliphatic carbocycles. The van der Waals surface area contributed by atoms with Gasteiger partial charge in [-0.2, -0.15) is 0 Å². The van der Waals surface area contributed by atoms with Gasteiger partial charge < -0.3 is 9.84 Å². The van der Waals surface area contributed by atoms with Gasteiger partial charge in [-0.25, -0.2) is 0 Å². The van der Waals surface area contributed by atoms with Crippen molar-refractivity contribution in [2.24, 2.45) is 34.0 Å². The quantitative estimate of drug-likeness (QED) is 0.578. The van der Waals surface area contributed by atoms with Crippen LogP contribution in [-0.2, 0) is 14.3 Å². The minimum Gasteiger partial charge on any atom is -0.481 e. The molecule has 1 spiro atoms. The average Bonchev–Trinajstić information content (AvgIpc) is 2.75. The van der Waals surface area contributed by atoms with E-state index in [4.69, 9.17) is 4.74 Å². The van der Waals surface area contributed by atoms with Gasteiger partial charge in [-0.05, 0) is 80.6 Å². The molecule has 1 N–H and O–H groups in total. The number of carboxylic acids is 1. The predicted molar refractivity (Wildman–Crippen MR) is 98.4 cm³/mol. The number of esters is 1. The lowest BCUT2D eigenvalue weighted by Crippen LogP contribution is -2.60. The monoisotopic (exact) mass is 360 g/mol. The standard InChI is InChI=1S/C22H32O4/c1-13-15-6-7-17-20(3)9-5-10-21(4,19(24)25)16(20)8-11-22(17,12-15)18(13)26-14(2)23/h15-18H,1,5-12H2,2-4H3,(H,24,25)/t15-,16-,17+,18+,20-,21-,22-/m1/s1. The van der Waals surface area contributed by atoms with Gasteiger partial charge in [0.25, 0.3) is 0 Å². The van der Waals surface area contributed by atoms with E-state index in [2.05, 4.69) is 13.5 Å². The zero-order chi connectivity index (χ0) is 18.9. The van der Waals surface area contributed by atoms with Gasteiger partial charge >= 0.3 is 11.9 Å². The molecule has 4 rings (SSSR count). The Balaban J connectivity index is 1.77. The van der Waals surface area contributed by atoms with E-state index < -0.39 is 11.4 Å². The number of fused-ring (bicyclic) bond motifs is 3. The second-order valence-corrected chi connectivity index (χ2v) is 10.0. The van der Waals surface area contributed by atoms with Crippen molar-refractivity contribution in [2.75, 3.05) is 0 Å². The maximum atomic E-state index is 12.2. The van der Waals surface area contributed by atoms with Gasteiger partial charge in [0, 0.05) is 12.3 Å². The second-order valence-electron chi connectivity index (χ2n) is 10.0. The minimum atomic E-state index is -0.634. The second kappa shape index (κ2) is 5.59. The highest BCUT2D eigenvalue weighted by molar-refractivity contribution is 5.75. The van der Waals surface area contributed by atoms with Crippen LogP contribution in [0.15, 0.2) is 12.2 Å². The fourth-order valence-electron chi connectivity index (χ4n) is 7.95. The average molecular weight is 360 g/mol. The van der Waals surface area contributed by atoms with Gasteiger partial charge in [0.15, 0.2) is 0 Å². The molecule has 0 aromatic rings. The van der Waals surface area contributed by atoms with Gasteiger partial charge in [0.2, 0.25) is 0 Å². The number of hydrogen-bond donors (Lipinski definition) is 1. The molecule has 0 aromatic heterocycles. The summed E-state index contributed by atoms with van der Waals surface area (Å²) in [4.78, 5) is 24.0. The molecule has 0 aliphatic heterocycles. The highest BCUT2D eigenvalue weighted by atomic mass is 16.5. The van der Waals surface area contributed by atoms with Crippen LogP contribution in [0.3, 0.4) is 0 Å². The third-order valence-corrected chi connectivity index (χ3v) is 8.95. The molecule has 26 heavy (non-hydrogen) atoms. The topological polar surface area (TPSA) is 63.6 Å². The first-order valence-corrected chi connectivity index (χ1v) is 10.2. The Kier molecular flexibility index (Phi) is 3.88. The number of hydrogen-bond acceptors (Lipinski definition) is 3. The number of carboxylic acid groups (broad SMARTS) is 1. The van der Waals surface area contributed by atoms with Crippen LogP contribution in [0.2, 0.25) is 0 Å². The van der Waals surface area contributed by atoms with Gasteiger partial charge in [-0.3, -0.25) is 9.59 Å². The van der Waals surface area contributed by atoms with E-state index in [9.17, 15) is 14.7 Å². The molecule has 144 valence electrons. The molecule has 4 fully saturated rings. The summed E-state index contributed by atoms with van der Waals surface area (Å²) in [6.07, 6.45) is 7.86. The smallest absolute Gasteiger partial charge is 0.309 e. The van der Waals surface area contributed by atoms with Crippen LogP contribution in [0.25, 0.3) is 0 Å². The molecule has 0 amide bonds. The van der Waals surface area contributed by atoms with Crippen LogP contribution < -0.4 is 0 Å². The number of rotatable bonds is 2. The summed E-state index contributed by atoms with van der Waals surface area (Å²) < 4.78 is 5.87. The van der Waals surface area contributed by atoms with Crippen molar-refractivity contribution in [1.82, 2.24) is 0 Å². The molecule has 0 aromatic carbocycles. The first-order chi connectivity index (χ1) is 12.1. The third kappa shape index (κ3) is 2.13. The van der Waals surface area contributed by atoms with E-state index in [1.807, 2.05) is 6.92 Å². The largest absolute Gasteiger partial charge is 0.481 e. The summed E-state index contributed by atoms with van der Waals surface area (Å²) in [5.41, 5.74) is 0.477. The van der Waals surface area contributed by atoms with Crippen LogP contribution >= 0.6 is 0 Å². The van der Waals surface area contributed by atoms with Crippen molar-refractivity contribution in [2.45, 2.75) is 78.2 Å². The Morgan fingerprint density at radius 3 is 2.50 bits per heavy atom. The molecule has 0 radical (unpaired) electrons. The van der Waals surface area contributed by atoms with Gasteiger partial charge in [0.05, 0.1) is 5.41 Å². The number of carbonyl (C=O) groups excluding carboxylic acids is 1. The summed E-state index contributed by atoms with van der Waals surface area (Å²) in [5, 5.41) is 10.0. The van der Waals surface area contributed by atoms with Crippen LogP contribution in [0.1, 0.15) is 72.1 Å². The first-order valence-electron chi connectivity index (χ1n) is 10.2. The predicted octanol–water partition coefficient (Wildman–Crippen LogP) is 4.58. The first kappa shape index (κ1) is 18.1. The number of ether oxygens (including phenoxy) is 1. The van der Waals surface area contributed by atoms with E-state index in [1.165, 1.54) is 6.92 Å². The van der Waals surface area contributed by atoms with Crippen molar-refractivity contribution in [3.8, 4) is 0 Å². The Hall–Kier alpha value is -1.32. The van der Waals surface area contributed by atoms with Gasteiger partial charge in [-0.1, -0.05) is 19.9 Å². The van der Waals surface area contributed by atoms with E-state index in [1.54, 1.807) is 0 Å². The summed E-state index contributed by atoms with van der Waals surface area (Å²) in [6, 6.07) is 0. The Morgan fingerprint density at radius 1 is 1.12 bits per heavy atom. The maximum absolute atomic E-state index is 12.2. The fraction of sp³-hybridized carbons (Fsp3) is 0.818. The summed E-state index contributed by atoms with van der Waals surface area (Å²) in [5.74, 6) is 0.242. The minimum absolute atomic E-state index is 0.0115. The fourth-order valence-corrected chi connectivity index (χ4v) is 7.95. The van der Waals surface area contributed by atoms with E-state index >= 15 is 0 Å². The Morgan fingerprint density at radius 2 is 1.85 bits per heavy atom. The van der Waals surface area contributed by atoms with Crippen LogP contribution in [0.5, 0.6) is 0 Å². The molecule has 2 bridgehead atoms. The lowest BCUT2D eigenvalue weighted by Gasteiger charge is -2.63. The van der Waals surface area contributed by atoms with Crippen molar-refractivity contribution < 1.29 is 19.4 Å². The van der Waals surface area contributed by atoms with Gasteiger partial charge in [-0.15, -0.1) is 0 Å². The maximum Gasteiger partial charge on any atom is 0.309 e. The van der Waals surface area contributed by atoms with Crippen LogP contribution in [0.4, 0.5) is 0 Å². The Bertz CT molecular complexity index is 669. The number of carbonyl (C=O) groups is 2. The molecule has 0 saturated heterocycles. The molecule has 4 saturated carbocycles. The van der Waals surface area contributed by atoms with Crippen molar-refractivity contribution in [3.63, 3.8) is 0 Å². The molecule has 0 heterocycles. The van der Waals surface area contributed by atoms with Crippen molar-refractivity contribution in [1.29, 1.82) is 0 Å². The summed E-state index contributed by atoms with van der Waals surface area (Å²) in [6.45, 7) is 10.1. The van der Waals surface area contributed by atoms with Crippen molar-refractivity contribution in [3.05, 3.63) is 12.2 Å². The van der Waals surface area contributed by atoms with Crippen LogP contribution in [-0.4, -0.2) is 23.1 Å². The molecular formula is C22H32O4. The Labute approximate surface area is 156 Å².